The molecule has 1 fully saturated rings. The normalized spacial score (nSPS) is 24.8. The molecule has 1 rings (SSSR count). The second-order valence-electron chi connectivity index (χ2n) is 3.54. The molecule has 0 aromatic carbocycles. The SMILES string of the molecule is CC(C(=O)O)S(=O)(=O)CC1CCOC1. The van der Waals surface area contributed by atoms with Gasteiger partial charge in [-0.3, -0.25) is 4.79 Å². The maximum Gasteiger partial charge on any atom is 0.321 e. The Labute approximate surface area is 83.0 Å². The molecule has 0 aliphatic carbocycles. The molecule has 1 aliphatic rings. The van der Waals surface area contributed by atoms with Crippen molar-refractivity contribution in [3.63, 3.8) is 0 Å². The third-order valence-corrected chi connectivity index (χ3v) is 4.59. The van der Waals surface area contributed by atoms with Gasteiger partial charge in [0.05, 0.1) is 12.4 Å². The van der Waals surface area contributed by atoms with Crippen LogP contribution in [0.2, 0.25) is 0 Å². The fourth-order valence-corrected chi connectivity index (χ4v) is 2.86. The quantitative estimate of drug-likeness (QED) is 0.719. The number of ether oxygens (including phenoxy) is 1. The summed E-state index contributed by atoms with van der Waals surface area (Å²) in [6.45, 7) is 2.20. The molecular formula is C8H14O5S. The molecule has 0 aromatic rings. The molecular weight excluding hydrogens is 208 g/mol. The van der Waals surface area contributed by atoms with Crippen LogP contribution in [-0.4, -0.2) is 43.7 Å². The van der Waals surface area contributed by atoms with Gasteiger partial charge in [0.1, 0.15) is 0 Å². The van der Waals surface area contributed by atoms with Gasteiger partial charge in [-0.25, -0.2) is 8.42 Å². The smallest absolute Gasteiger partial charge is 0.321 e. The molecule has 0 radical (unpaired) electrons. The summed E-state index contributed by atoms with van der Waals surface area (Å²) >= 11 is 0. The molecule has 1 N–H and O–H groups in total. The fourth-order valence-electron chi connectivity index (χ4n) is 1.34. The maximum atomic E-state index is 11.5. The lowest BCUT2D eigenvalue weighted by Crippen LogP contribution is -2.31. The Morgan fingerprint density at radius 2 is 2.29 bits per heavy atom. The summed E-state index contributed by atoms with van der Waals surface area (Å²) in [7, 11) is -3.52. The van der Waals surface area contributed by atoms with Crippen LogP contribution in [0, 0.1) is 5.92 Å². The number of rotatable bonds is 4. The highest BCUT2D eigenvalue weighted by Crippen LogP contribution is 2.17. The summed E-state index contributed by atoms with van der Waals surface area (Å²) in [4.78, 5) is 10.5. The predicted molar refractivity (Wildman–Crippen MR) is 49.8 cm³/mol. The number of carboxylic acid groups (broad SMARTS) is 1. The van der Waals surface area contributed by atoms with Gasteiger partial charge >= 0.3 is 5.97 Å². The highest BCUT2D eigenvalue weighted by molar-refractivity contribution is 7.92. The van der Waals surface area contributed by atoms with E-state index in [1.807, 2.05) is 0 Å². The van der Waals surface area contributed by atoms with E-state index in [9.17, 15) is 13.2 Å². The van der Waals surface area contributed by atoms with Crippen molar-refractivity contribution in [1.82, 2.24) is 0 Å². The van der Waals surface area contributed by atoms with Gasteiger partial charge < -0.3 is 9.84 Å². The summed E-state index contributed by atoms with van der Waals surface area (Å²) in [5.74, 6) is -1.41. The molecule has 0 amide bonds. The Balaban J connectivity index is 2.61. The molecule has 2 unspecified atom stereocenters. The van der Waals surface area contributed by atoms with Gasteiger partial charge in [0, 0.05) is 6.61 Å². The Bertz CT molecular complexity index is 302. The van der Waals surface area contributed by atoms with Crippen molar-refractivity contribution in [2.75, 3.05) is 19.0 Å². The molecule has 2 atom stereocenters. The predicted octanol–water partition coefficient (Wildman–Crippen LogP) is -0.0892. The Hall–Kier alpha value is -0.620. The van der Waals surface area contributed by atoms with Gasteiger partial charge in [0.2, 0.25) is 0 Å². The van der Waals surface area contributed by atoms with Crippen LogP contribution in [0.15, 0.2) is 0 Å². The number of carbonyl (C=O) groups is 1. The molecule has 1 saturated heterocycles. The molecule has 0 spiro atoms. The minimum absolute atomic E-state index is 0.0400. The van der Waals surface area contributed by atoms with Crippen LogP contribution in [0.5, 0.6) is 0 Å². The van der Waals surface area contributed by atoms with Gasteiger partial charge in [-0.1, -0.05) is 0 Å². The fraction of sp³-hybridized carbons (Fsp3) is 0.875. The monoisotopic (exact) mass is 222 g/mol. The topological polar surface area (TPSA) is 80.7 Å². The second-order valence-corrected chi connectivity index (χ2v) is 5.91. The zero-order chi connectivity index (χ0) is 10.8. The van der Waals surface area contributed by atoms with E-state index in [1.165, 1.54) is 6.92 Å². The molecule has 14 heavy (non-hydrogen) atoms. The van der Waals surface area contributed by atoms with Gasteiger partial charge in [-0.05, 0) is 19.3 Å². The first-order chi connectivity index (χ1) is 6.43. The van der Waals surface area contributed by atoms with Crippen molar-refractivity contribution >= 4 is 15.8 Å². The van der Waals surface area contributed by atoms with Crippen molar-refractivity contribution in [3.05, 3.63) is 0 Å². The molecule has 82 valence electrons. The summed E-state index contributed by atoms with van der Waals surface area (Å²) in [6.07, 6.45) is 0.700. The van der Waals surface area contributed by atoms with E-state index < -0.39 is 21.1 Å². The van der Waals surface area contributed by atoms with E-state index >= 15 is 0 Å². The maximum absolute atomic E-state index is 11.5. The van der Waals surface area contributed by atoms with Gasteiger partial charge in [-0.2, -0.15) is 0 Å². The lowest BCUT2D eigenvalue weighted by atomic mass is 10.2. The molecule has 6 heteroatoms. The molecule has 0 aromatic heterocycles. The summed E-state index contributed by atoms with van der Waals surface area (Å²) in [5, 5.41) is 7.26. The molecule has 0 bridgehead atoms. The number of aliphatic carboxylic acids is 1. The van der Waals surface area contributed by atoms with E-state index in [1.54, 1.807) is 0 Å². The van der Waals surface area contributed by atoms with Crippen LogP contribution in [0.25, 0.3) is 0 Å². The molecule has 0 saturated carbocycles. The minimum Gasteiger partial charge on any atom is -0.480 e. The van der Waals surface area contributed by atoms with E-state index in [4.69, 9.17) is 9.84 Å². The standard InChI is InChI=1S/C8H14O5S/c1-6(8(9)10)14(11,12)5-7-2-3-13-4-7/h6-7H,2-5H2,1H3,(H,9,10). The van der Waals surface area contributed by atoms with Crippen molar-refractivity contribution in [2.24, 2.45) is 5.92 Å². The van der Waals surface area contributed by atoms with E-state index in [0.717, 1.165) is 0 Å². The lowest BCUT2D eigenvalue weighted by Gasteiger charge is -2.11. The molecule has 1 heterocycles. The van der Waals surface area contributed by atoms with Crippen LogP contribution in [-0.2, 0) is 19.4 Å². The van der Waals surface area contributed by atoms with Crippen molar-refractivity contribution in [2.45, 2.75) is 18.6 Å². The number of carboxylic acids is 1. The Morgan fingerprint density at radius 1 is 1.64 bits per heavy atom. The summed E-state index contributed by atoms with van der Waals surface area (Å²) in [6, 6.07) is 0. The van der Waals surface area contributed by atoms with E-state index in [-0.39, 0.29) is 11.7 Å². The van der Waals surface area contributed by atoms with Crippen LogP contribution < -0.4 is 0 Å². The average Bonchev–Trinajstić information content (AvgIpc) is 2.54. The van der Waals surface area contributed by atoms with E-state index in [2.05, 4.69) is 0 Å². The van der Waals surface area contributed by atoms with Crippen LogP contribution in [0.3, 0.4) is 0 Å². The molecule has 5 nitrogen and oxygen atoms in total. The third kappa shape index (κ3) is 2.68. The van der Waals surface area contributed by atoms with Crippen molar-refractivity contribution in [1.29, 1.82) is 0 Å². The first kappa shape index (κ1) is 11.5. The van der Waals surface area contributed by atoms with Crippen molar-refractivity contribution < 1.29 is 23.1 Å². The minimum atomic E-state index is -3.52. The Kier molecular flexibility index (Phi) is 3.49. The molecule has 1 aliphatic heterocycles. The van der Waals surface area contributed by atoms with Gasteiger partial charge in [-0.15, -0.1) is 0 Å². The highest BCUT2D eigenvalue weighted by Gasteiger charge is 2.31. The third-order valence-electron chi connectivity index (χ3n) is 2.38. The number of hydrogen-bond donors (Lipinski definition) is 1. The van der Waals surface area contributed by atoms with Crippen molar-refractivity contribution in [3.8, 4) is 0 Å². The Morgan fingerprint density at radius 3 is 2.71 bits per heavy atom. The second kappa shape index (κ2) is 4.27. The van der Waals surface area contributed by atoms with Gasteiger partial charge in [0.15, 0.2) is 15.1 Å². The zero-order valence-electron chi connectivity index (χ0n) is 7.97. The van der Waals surface area contributed by atoms with Crippen LogP contribution >= 0.6 is 0 Å². The first-order valence-corrected chi connectivity index (χ1v) is 6.17. The van der Waals surface area contributed by atoms with E-state index in [0.29, 0.717) is 19.6 Å². The van der Waals surface area contributed by atoms with Gasteiger partial charge in [0.25, 0.3) is 0 Å². The van der Waals surface area contributed by atoms with Crippen LogP contribution in [0.1, 0.15) is 13.3 Å². The van der Waals surface area contributed by atoms with Crippen LogP contribution in [0.4, 0.5) is 0 Å². The zero-order valence-corrected chi connectivity index (χ0v) is 8.79. The number of sulfone groups is 1. The summed E-state index contributed by atoms with van der Waals surface area (Å²) in [5.41, 5.74) is 0. The summed E-state index contributed by atoms with van der Waals surface area (Å²) < 4.78 is 28.0. The highest BCUT2D eigenvalue weighted by atomic mass is 32.2. The lowest BCUT2D eigenvalue weighted by molar-refractivity contribution is -0.136. The number of hydrogen-bond acceptors (Lipinski definition) is 4. The average molecular weight is 222 g/mol. The first-order valence-electron chi connectivity index (χ1n) is 4.45. The largest absolute Gasteiger partial charge is 0.480 e.